The third-order valence-electron chi connectivity index (χ3n) is 17.8. The Morgan fingerprint density at radius 1 is 0.555 bits per heavy atom. The van der Waals surface area contributed by atoms with Crippen molar-refractivity contribution < 1.29 is 62.2 Å². The molecule has 3 saturated heterocycles. The van der Waals surface area contributed by atoms with Gasteiger partial charge >= 0.3 is 0 Å². The Bertz CT molecular complexity index is 3890. The van der Waals surface area contributed by atoms with Crippen LogP contribution in [0.1, 0.15) is 225 Å². The number of amides is 11. The van der Waals surface area contributed by atoms with Crippen LogP contribution in [-0.2, 0) is 67.8 Å². The summed E-state index contributed by atoms with van der Waals surface area (Å²) in [4.78, 5) is 146. The molecule has 8 aliphatic heterocycles. The molecule has 1 aromatic carbocycles. The van der Waals surface area contributed by atoms with E-state index < -0.39 is 17.7 Å². The molecule has 0 radical (unpaired) electrons. The highest BCUT2D eigenvalue weighted by Gasteiger charge is 2.49. The van der Waals surface area contributed by atoms with Crippen LogP contribution >= 0.6 is 57.9 Å². The third kappa shape index (κ3) is 27.8. The number of hydrogen-bond acceptors (Lipinski definition) is 16. The van der Waals surface area contributed by atoms with Gasteiger partial charge in [0.15, 0.2) is 0 Å². The Morgan fingerprint density at radius 2 is 0.991 bits per heavy atom. The van der Waals surface area contributed by atoms with Crippen molar-refractivity contribution in [3.63, 3.8) is 0 Å². The zero-order valence-corrected chi connectivity index (χ0v) is 73.8. The number of fused-ring (bicyclic) bond motifs is 1. The summed E-state index contributed by atoms with van der Waals surface area (Å²) in [5.41, 5.74) is 3.50. The summed E-state index contributed by atoms with van der Waals surface area (Å²) in [6.07, 6.45) is 14.4. The molecule has 5 atom stereocenters. The van der Waals surface area contributed by atoms with Crippen LogP contribution < -0.4 is 5.56 Å². The van der Waals surface area contributed by atoms with E-state index in [9.17, 15) is 57.5 Å². The van der Waals surface area contributed by atoms with Gasteiger partial charge in [0.05, 0.1) is 40.0 Å². The van der Waals surface area contributed by atoms with Crippen molar-refractivity contribution in [3.8, 4) is 0 Å². The summed E-state index contributed by atoms with van der Waals surface area (Å²) in [6.45, 7) is 61.9. The molecule has 27 heteroatoms. The number of pyridine rings is 1. The van der Waals surface area contributed by atoms with Crippen molar-refractivity contribution in [2.75, 3.05) is 6.54 Å². The SMILES string of the molecule is C=CC(=O)N1CCCC1C(C)C.CC(C)(C)n1sc2ccccc2c1=O.CC(C)C1OC1C(C)(C)C.CC(C)N1C(=O)C(Cl)=C(Cl)C1=O.CC(C)N1C(=O)C=C(Cl)C1=O.CC(C)N1C(=O)C=CC1=O.CC(C)c1cnccc1Cl.CC1=C(C)C(=O)N(C(C)C)C1=O.CC1=CC(=O)N(C(C)C)C1=O.CC1OC1C(C)(C)C. The maximum absolute atomic E-state index is 11.9. The van der Waals surface area contributed by atoms with Gasteiger partial charge in [-0.2, -0.15) is 0 Å². The molecule has 0 saturated carbocycles. The predicted octanol–water partition coefficient (Wildman–Crippen LogP) is 16.2. The number of hydrogen-bond donors (Lipinski definition) is 0. The fourth-order valence-corrected chi connectivity index (χ4v) is 13.6. The highest BCUT2D eigenvalue weighted by molar-refractivity contribution is 7.13. The second-order valence-electron chi connectivity index (χ2n) is 32.9. The molecule has 11 rings (SSSR count). The molecule has 0 aliphatic carbocycles. The maximum Gasteiger partial charge on any atom is 0.274 e. The lowest BCUT2D eigenvalue weighted by Crippen LogP contribution is -2.37. The van der Waals surface area contributed by atoms with Crippen LogP contribution in [0.2, 0.25) is 5.02 Å². The van der Waals surface area contributed by atoms with Crippen molar-refractivity contribution >= 4 is 133 Å². The maximum atomic E-state index is 11.9. The molecule has 610 valence electrons. The van der Waals surface area contributed by atoms with Gasteiger partial charge in [0, 0.05) is 101 Å². The van der Waals surface area contributed by atoms with Crippen molar-refractivity contribution in [1.82, 2.24) is 38.3 Å². The van der Waals surface area contributed by atoms with Crippen molar-refractivity contribution in [2.24, 2.45) is 22.7 Å². The molecule has 22 nitrogen and oxygen atoms in total. The number of rotatable bonds is 9. The molecule has 2 aromatic heterocycles. The van der Waals surface area contributed by atoms with E-state index in [-0.39, 0.29) is 104 Å². The van der Waals surface area contributed by atoms with Crippen LogP contribution in [0.5, 0.6) is 0 Å². The standard InChI is InChI=1S/C11H13NOS.C10H17NO.C9H13NO2.C9H18O.C8H10ClN.C8H11NO2.C7H7Cl2NO2.C7H8ClNO2.C7H9NO2.C7H14O/c1-11(2,3)12-10(13)8-6-4-5-7-9(8)14-12;1-4-10(12)11-7-5-6-9(11)8(2)3;1-5(2)10-8(11)6(3)7(4)9(10)12;1-6(2)7-8(10-7)9(3,4)5;1-6(2)7-5-10-4-3-8(7)9;1-5(2)9-7(10)4-6(3)8(9)11;1-3(2)10-6(11)4(8)5(9)7(10)12;1-4(2)9-6(10)3-5(8)7(9)11;1-5(2)8-6(9)3-4-7(8)10;1-5-6(8-5)7(2,3)4/h4-7H,1-3H3;4,8-9H,1,5-7H2,2-3H3;5H,1-4H3;6-8H,1-5H3;3-6H,1-2H3;4-5H,1-3H3;3H,1-2H3;3-4H,1-2H3;3-5H,1-2H3;5-6H,1-4H3. The highest BCUT2D eigenvalue weighted by Crippen LogP contribution is 2.42. The minimum atomic E-state index is -0.512. The average molecular weight is 1630 g/mol. The Kier molecular flexibility index (Phi) is 38.3. The van der Waals surface area contributed by atoms with E-state index in [4.69, 9.17) is 55.9 Å². The molecular formula is C83H120Cl4N8O14S. The molecule has 5 unspecified atom stereocenters. The van der Waals surface area contributed by atoms with Gasteiger partial charge in [0.25, 0.3) is 64.6 Å². The van der Waals surface area contributed by atoms with Crippen LogP contribution in [0.4, 0.5) is 0 Å². The second kappa shape index (κ2) is 42.6. The van der Waals surface area contributed by atoms with Gasteiger partial charge in [-0.05, 0) is 189 Å². The van der Waals surface area contributed by atoms with Crippen LogP contribution in [0, 0.1) is 22.7 Å². The Labute approximate surface area is 676 Å². The molecule has 8 aliphatic rings. The van der Waals surface area contributed by atoms with Crippen molar-refractivity contribution in [1.29, 1.82) is 0 Å². The first-order valence-corrected chi connectivity index (χ1v) is 39.5. The van der Waals surface area contributed by atoms with Gasteiger partial charge in [-0.15, -0.1) is 0 Å². The van der Waals surface area contributed by atoms with Crippen LogP contribution in [0.15, 0.2) is 116 Å². The number of nitrogens with zero attached hydrogens (tertiary/aromatic N) is 8. The summed E-state index contributed by atoms with van der Waals surface area (Å²) >= 11 is 23.8. The summed E-state index contributed by atoms with van der Waals surface area (Å²) in [6, 6.07) is 9.55. The smallest absolute Gasteiger partial charge is 0.274 e. The quantitative estimate of drug-likeness (QED) is 0.109. The number of halogens is 4. The molecule has 110 heavy (non-hydrogen) atoms. The molecular weight excluding hydrogens is 1510 g/mol. The lowest BCUT2D eigenvalue weighted by molar-refractivity contribution is -0.141. The summed E-state index contributed by atoms with van der Waals surface area (Å²) in [5.74, 6) is -1.01. The molecule has 3 aromatic rings. The number of ether oxygens (including phenoxy) is 2. The Balaban J connectivity index is 0.000000416. The van der Waals surface area contributed by atoms with Gasteiger partial charge < -0.3 is 14.4 Å². The number of benzene rings is 1. The van der Waals surface area contributed by atoms with Gasteiger partial charge in [-0.3, -0.25) is 91.0 Å². The largest absolute Gasteiger partial charge is 0.369 e. The minimum absolute atomic E-state index is 0.00343. The Morgan fingerprint density at radius 3 is 1.25 bits per heavy atom. The van der Waals surface area contributed by atoms with Crippen molar-refractivity contribution in [2.45, 2.75) is 286 Å². The van der Waals surface area contributed by atoms with E-state index in [1.807, 2.05) is 108 Å². The topological polar surface area (TPSA) is 267 Å². The first kappa shape index (κ1) is 98.8. The van der Waals surface area contributed by atoms with Crippen molar-refractivity contribution in [3.05, 3.63) is 132 Å². The fraction of sp³-hybridized carbons (Fsp3) is 0.578. The molecule has 10 heterocycles. The number of imide groups is 5. The van der Waals surface area contributed by atoms with Gasteiger partial charge in [-0.1, -0.05) is 160 Å². The number of aromatic nitrogens is 2. The minimum Gasteiger partial charge on any atom is -0.369 e. The Hall–Kier alpha value is -7.25. The number of carbonyl (C=O) groups excluding carboxylic acids is 11. The summed E-state index contributed by atoms with van der Waals surface area (Å²) in [5, 5.41) is 1.27. The van der Waals surface area contributed by atoms with E-state index in [2.05, 4.69) is 102 Å². The van der Waals surface area contributed by atoms with Crippen LogP contribution in [-0.4, -0.2) is 171 Å². The average Bonchev–Trinajstić information content (AvgIpc) is 1.65. The van der Waals surface area contributed by atoms with Crippen LogP contribution in [0.3, 0.4) is 0 Å². The molecule has 0 N–H and O–H groups in total. The monoisotopic (exact) mass is 1620 g/mol. The lowest BCUT2D eigenvalue weighted by atomic mass is 9.87. The van der Waals surface area contributed by atoms with E-state index in [1.165, 1.54) is 50.5 Å². The first-order valence-electron chi connectivity index (χ1n) is 37.2. The number of likely N-dealkylation sites (tertiary alicyclic amines) is 1. The number of carbonyl (C=O) groups is 11. The van der Waals surface area contributed by atoms with E-state index in [0.29, 0.717) is 75.8 Å². The second-order valence-corrected chi connectivity index (χ2v) is 35.4. The van der Waals surface area contributed by atoms with Gasteiger partial charge in [0.2, 0.25) is 5.91 Å². The molecule has 11 amide bonds. The van der Waals surface area contributed by atoms with E-state index >= 15 is 0 Å². The number of epoxide rings is 2. The highest BCUT2D eigenvalue weighted by atomic mass is 35.5. The van der Waals surface area contributed by atoms with Gasteiger partial charge in [-0.25, -0.2) is 0 Å². The van der Waals surface area contributed by atoms with E-state index in [0.717, 1.165) is 55.9 Å². The molecule has 3 fully saturated rings. The predicted molar refractivity (Wildman–Crippen MR) is 440 cm³/mol. The zero-order valence-electron chi connectivity index (χ0n) is 70.0. The summed E-state index contributed by atoms with van der Waals surface area (Å²) in [7, 11) is 0. The van der Waals surface area contributed by atoms with Crippen LogP contribution in [0.25, 0.3) is 10.1 Å². The fourth-order valence-electron chi connectivity index (χ4n) is 11.7. The normalized spacial score (nSPS) is 20.1. The lowest BCUT2D eigenvalue weighted by Gasteiger charge is -2.26. The molecule has 0 spiro atoms. The third-order valence-corrected chi connectivity index (χ3v) is 20.6. The van der Waals surface area contributed by atoms with Gasteiger partial charge in [0.1, 0.15) is 15.1 Å². The zero-order chi connectivity index (χ0) is 85.2. The summed E-state index contributed by atoms with van der Waals surface area (Å²) < 4.78 is 13.7. The molecule has 0 bridgehead atoms. The first-order chi connectivity index (χ1) is 50.4. The van der Waals surface area contributed by atoms with E-state index in [1.54, 1.807) is 54.7 Å².